The van der Waals surface area contributed by atoms with Crippen molar-refractivity contribution in [2.24, 2.45) is 5.92 Å². The lowest BCUT2D eigenvalue weighted by atomic mass is 9.99. The molecule has 0 spiro atoms. The largest absolute Gasteiger partial charge is 0.343 e. The summed E-state index contributed by atoms with van der Waals surface area (Å²) >= 11 is 0. The Morgan fingerprint density at radius 3 is 2.68 bits per heavy atom. The van der Waals surface area contributed by atoms with Crippen LogP contribution in [-0.4, -0.2) is 39.6 Å². The molecule has 1 fully saturated rings. The van der Waals surface area contributed by atoms with Crippen LogP contribution in [0.25, 0.3) is 0 Å². The number of benzene rings is 1. The number of imide groups is 1. The zero-order chi connectivity index (χ0) is 22.1. The predicted octanol–water partition coefficient (Wildman–Crippen LogP) is 1.97. The Kier molecular flexibility index (Phi) is 5.54. The molecule has 160 valence electrons. The molecule has 8 heteroatoms. The number of hydrogen-bond donors (Lipinski definition) is 2. The van der Waals surface area contributed by atoms with Crippen molar-refractivity contribution in [3.63, 3.8) is 0 Å². The maximum atomic E-state index is 12.9. The van der Waals surface area contributed by atoms with Gasteiger partial charge in [0.25, 0.3) is 11.8 Å². The average molecular weight is 420 g/mol. The number of aromatic nitrogens is 1. The smallest absolute Gasteiger partial charge is 0.255 e. The second-order valence-corrected chi connectivity index (χ2v) is 8.22. The molecule has 31 heavy (non-hydrogen) atoms. The van der Waals surface area contributed by atoms with Crippen molar-refractivity contribution < 1.29 is 19.2 Å². The highest BCUT2D eigenvalue weighted by molar-refractivity contribution is 6.06. The van der Waals surface area contributed by atoms with E-state index >= 15 is 0 Å². The Labute approximate surface area is 180 Å². The number of piperidine rings is 1. The lowest BCUT2D eigenvalue weighted by molar-refractivity contribution is -0.136. The molecular weight excluding hydrogens is 396 g/mol. The van der Waals surface area contributed by atoms with Crippen molar-refractivity contribution in [2.75, 3.05) is 0 Å². The third kappa shape index (κ3) is 4.05. The van der Waals surface area contributed by atoms with Crippen LogP contribution in [-0.2, 0) is 16.1 Å². The van der Waals surface area contributed by atoms with Crippen LogP contribution in [0.4, 0.5) is 0 Å². The Morgan fingerprint density at radius 2 is 2.00 bits per heavy atom. The van der Waals surface area contributed by atoms with Crippen LogP contribution in [0.3, 0.4) is 0 Å². The first kappa shape index (κ1) is 20.7. The summed E-state index contributed by atoms with van der Waals surface area (Å²) in [7, 11) is 0. The summed E-state index contributed by atoms with van der Waals surface area (Å²) in [5.74, 6) is -1.15. The second-order valence-electron chi connectivity index (χ2n) is 8.22. The van der Waals surface area contributed by atoms with Gasteiger partial charge in [-0.15, -0.1) is 0 Å². The molecular formula is C23H24N4O4. The molecule has 0 bridgehead atoms. The van der Waals surface area contributed by atoms with Gasteiger partial charge < -0.3 is 10.2 Å². The van der Waals surface area contributed by atoms with E-state index in [4.69, 9.17) is 0 Å². The molecule has 4 rings (SSSR count). The van der Waals surface area contributed by atoms with E-state index in [0.717, 1.165) is 5.69 Å². The van der Waals surface area contributed by atoms with E-state index in [9.17, 15) is 19.2 Å². The van der Waals surface area contributed by atoms with Crippen LogP contribution in [0, 0.1) is 5.92 Å². The number of hydrogen-bond acceptors (Lipinski definition) is 5. The minimum absolute atomic E-state index is 0.137. The van der Waals surface area contributed by atoms with Gasteiger partial charge in [-0.1, -0.05) is 19.9 Å². The van der Waals surface area contributed by atoms with Gasteiger partial charge >= 0.3 is 0 Å². The van der Waals surface area contributed by atoms with Crippen molar-refractivity contribution in [3.8, 4) is 0 Å². The number of carbonyl (C=O) groups excluding carboxylic acids is 4. The van der Waals surface area contributed by atoms with Gasteiger partial charge in [0.2, 0.25) is 11.8 Å². The number of pyridine rings is 1. The molecule has 2 N–H and O–H groups in total. The van der Waals surface area contributed by atoms with E-state index in [-0.39, 0.29) is 42.6 Å². The molecule has 0 aliphatic carbocycles. The third-order valence-electron chi connectivity index (χ3n) is 5.75. The molecule has 2 aliphatic heterocycles. The van der Waals surface area contributed by atoms with Crippen molar-refractivity contribution in [3.05, 3.63) is 65.0 Å². The van der Waals surface area contributed by atoms with Gasteiger partial charge in [-0.3, -0.25) is 29.5 Å². The minimum atomic E-state index is -0.677. The lowest BCUT2D eigenvalue weighted by Gasteiger charge is -2.29. The van der Waals surface area contributed by atoms with Crippen molar-refractivity contribution in [1.82, 2.24) is 20.5 Å². The number of amides is 4. The molecule has 1 aromatic carbocycles. The average Bonchev–Trinajstić information content (AvgIpc) is 3.08. The monoisotopic (exact) mass is 420 g/mol. The number of nitrogens with zero attached hydrogens (tertiary/aromatic N) is 2. The first-order valence-electron chi connectivity index (χ1n) is 10.3. The van der Waals surface area contributed by atoms with Crippen LogP contribution in [0.1, 0.15) is 64.7 Å². The fraction of sp³-hybridized carbons (Fsp3) is 0.348. The molecule has 1 aromatic heterocycles. The van der Waals surface area contributed by atoms with E-state index in [2.05, 4.69) is 15.6 Å². The maximum absolute atomic E-state index is 12.9. The number of rotatable bonds is 5. The first-order valence-corrected chi connectivity index (χ1v) is 10.3. The van der Waals surface area contributed by atoms with Crippen molar-refractivity contribution in [1.29, 1.82) is 0 Å². The highest BCUT2D eigenvalue weighted by atomic mass is 16.2. The number of nitrogens with one attached hydrogen (secondary N) is 2. The van der Waals surface area contributed by atoms with E-state index in [1.165, 1.54) is 4.90 Å². The van der Waals surface area contributed by atoms with Gasteiger partial charge in [-0.05, 0) is 48.2 Å². The van der Waals surface area contributed by atoms with Crippen LogP contribution < -0.4 is 10.6 Å². The van der Waals surface area contributed by atoms with E-state index in [1.54, 1.807) is 24.4 Å². The molecule has 0 radical (unpaired) electrons. The fourth-order valence-corrected chi connectivity index (χ4v) is 4.08. The summed E-state index contributed by atoms with van der Waals surface area (Å²) in [5, 5.41) is 5.33. The number of fused-ring (bicyclic) bond motifs is 1. The molecule has 3 heterocycles. The normalized spacial score (nSPS) is 19.3. The highest BCUT2D eigenvalue weighted by Crippen LogP contribution is 2.28. The molecule has 2 aromatic rings. The quantitative estimate of drug-likeness (QED) is 0.719. The van der Waals surface area contributed by atoms with Gasteiger partial charge in [-0.2, -0.15) is 0 Å². The Balaban J connectivity index is 1.52. The van der Waals surface area contributed by atoms with Crippen LogP contribution >= 0.6 is 0 Å². The number of carbonyl (C=O) groups is 4. The van der Waals surface area contributed by atoms with E-state index in [0.29, 0.717) is 23.1 Å². The summed E-state index contributed by atoms with van der Waals surface area (Å²) in [6.45, 7) is 4.26. The summed E-state index contributed by atoms with van der Waals surface area (Å²) in [4.78, 5) is 55.2. The molecule has 2 atom stereocenters. The molecule has 4 amide bonds. The zero-order valence-corrected chi connectivity index (χ0v) is 17.4. The van der Waals surface area contributed by atoms with Gasteiger partial charge in [0.15, 0.2) is 0 Å². The third-order valence-corrected chi connectivity index (χ3v) is 5.75. The summed E-state index contributed by atoms with van der Waals surface area (Å²) < 4.78 is 0. The second kappa shape index (κ2) is 8.29. The summed E-state index contributed by atoms with van der Waals surface area (Å²) in [6, 6.07) is 9.62. The van der Waals surface area contributed by atoms with Crippen LogP contribution in [0.2, 0.25) is 0 Å². The predicted molar refractivity (Wildman–Crippen MR) is 112 cm³/mol. The Hall–Kier alpha value is -3.55. The first-order chi connectivity index (χ1) is 14.8. The standard InChI is InChI=1S/C23H24N4O4/c1-13(2)20(17-5-3-4-10-24-17)26-21(29)14-6-7-16-15(11-14)12-27(23(16)31)18-8-9-19(28)25-22(18)30/h3-7,10-11,13,18,20H,8-9,12H2,1-2H3,(H,26,29)(H,25,28,30)/t18?,20-/m0/s1. The maximum Gasteiger partial charge on any atom is 0.255 e. The van der Waals surface area contributed by atoms with E-state index in [1.807, 2.05) is 32.0 Å². The Morgan fingerprint density at radius 1 is 1.19 bits per heavy atom. The molecule has 8 nitrogen and oxygen atoms in total. The molecule has 0 saturated carbocycles. The summed E-state index contributed by atoms with van der Waals surface area (Å²) in [5.41, 5.74) is 2.40. The van der Waals surface area contributed by atoms with Crippen molar-refractivity contribution in [2.45, 2.75) is 45.3 Å². The zero-order valence-electron chi connectivity index (χ0n) is 17.4. The van der Waals surface area contributed by atoms with Crippen molar-refractivity contribution >= 4 is 23.6 Å². The van der Waals surface area contributed by atoms with Crippen LogP contribution in [0.15, 0.2) is 42.6 Å². The van der Waals surface area contributed by atoms with E-state index < -0.39 is 11.9 Å². The fourth-order valence-electron chi connectivity index (χ4n) is 4.08. The van der Waals surface area contributed by atoms with Gasteiger partial charge in [0, 0.05) is 30.3 Å². The van der Waals surface area contributed by atoms with Gasteiger partial charge in [0.1, 0.15) is 6.04 Å². The topological polar surface area (TPSA) is 108 Å². The minimum Gasteiger partial charge on any atom is -0.343 e. The van der Waals surface area contributed by atoms with Gasteiger partial charge in [0.05, 0.1) is 11.7 Å². The van der Waals surface area contributed by atoms with Gasteiger partial charge in [-0.25, -0.2) is 0 Å². The Bertz CT molecular complexity index is 1050. The summed E-state index contributed by atoms with van der Waals surface area (Å²) in [6.07, 6.45) is 2.20. The molecule has 2 aliphatic rings. The molecule has 1 saturated heterocycles. The molecule has 1 unspecified atom stereocenters. The lowest BCUT2D eigenvalue weighted by Crippen LogP contribution is -2.52. The highest BCUT2D eigenvalue weighted by Gasteiger charge is 2.39. The van der Waals surface area contributed by atoms with Crippen LogP contribution in [0.5, 0.6) is 0 Å². The SMILES string of the molecule is CC(C)[C@H](NC(=O)c1ccc2c(c1)CN(C1CCC(=O)NC1=O)C2=O)c1ccccn1.